The Bertz CT molecular complexity index is 1350. The van der Waals surface area contributed by atoms with Gasteiger partial charge in [-0.15, -0.1) is 11.3 Å². The first kappa shape index (κ1) is 27.0. The monoisotopic (exact) mass is 535 g/mol. The van der Waals surface area contributed by atoms with Gasteiger partial charge in [0.25, 0.3) is 5.69 Å². The van der Waals surface area contributed by atoms with Crippen LogP contribution in [-0.2, 0) is 4.79 Å². The Balaban J connectivity index is 1.99. The summed E-state index contributed by atoms with van der Waals surface area (Å²) < 4.78 is 0. The van der Waals surface area contributed by atoms with Gasteiger partial charge in [-0.2, -0.15) is 0 Å². The van der Waals surface area contributed by atoms with Gasteiger partial charge in [0.15, 0.2) is 5.78 Å². The second kappa shape index (κ2) is 10.4. The molecule has 1 fully saturated rings. The van der Waals surface area contributed by atoms with Crippen LogP contribution in [0.4, 0.5) is 10.5 Å². The summed E-state index contributed by atoms with van der Waals surface area (Å²) in [5, 5.41) is 26.5. The van der Waals surface area contributed by atoms with Gasteiger partial charge in [-0.3, -0.25) is 14.9 Å². The number of aliphatic carboxylic acids is 1. The number of hydrogen-bond acceptors (Lipinski definition) is 6. The summed E-state index contributed by atoms with van der Waals surface area (Å²) in [7, 11) is 0. The van der Waals surface area contributed by atoms with E-state index in [1.165, 1.54) is 47.4 Å². The van der Waals surface area contributed by atoms with E-state index in [0.717, 1.165) is 5.56 Å². The fourth-order valence-corrected chi connectivity index (χ4v) is 6.29. The predicted octanol–water partition coefficient (Wildman–Crippen LogP) is 5.57. The van der Waals surface area contributed by atoms with Crippen LogP contribution in [0.15, 0.2) is 66.0 Å². The molecule has 2 aromatic carbocycles. The molecule has 1 saturated heterocycles. The van der Waals surface area contributed by atoms with Gasteiger partial charge in [0.05, 0.1) is 16.9 Å². The van der Waals surface area contributed by atoms with Crippen molar-refractivity contribution in [3.05, 3.63) is 97.7 Å². The number of urea groups is 1. The molecule has 0 saturated carbocycles. The number of ketones is 1. The van der Waals surface area contributed by atoms with E-state index in [-0.39, 0.29) is 17.3 Å². The number of nitro benzene ring substituents is 1. The molecule has 0 bridgehead atoms. The molecule has 4 rings (SSSR count). The second-order valence-electron chi connectivity index (χ2n) is 9.97. The van der Waals surface area contributed by atoms with Crippen molar-refractivity contribution >= 4 is 34.8 Å². The molecule has 198 valence electrons. The molecule has 0 aliphatic carbocycles. The van der Waals surface area contributed by atoms with Crippen molar-refractivity contribution in [1.29, 1.82) is 0 Å². The molecule has 1 aromatic heterocycles. The summed E-state index contributed by atoms with van der Waals surface area (Å²) in [5.74, 6) is -3.48. The SMILES string of the molecule is Cc1ccc(C2C(C(=O)c3ccc([N+](=O)[O-])cc3)C(c3cccs3)C(C)(C(=O)O)N2C(=O)NC(C)C)cc1. The summed E-state index contributed by atoms with van der Waals surface area (Å²) in [6, 6.07) is 14.4. The van der Waals surface area contributed by atoms with E-state index in [4.69, 9.17) is 0 Å². The van der Waals surface area contributed by atoms with E-state index in [9.17, 15) is 29.6 Å². The molecule has 0 radical (unpaired) electrons. The van der Waals surface area contributed by atoms with Crippen LogP contribution >= 0.6 is 11.3 Å². The zero-order valence-corrected chi connectivity index (χ0v) is 22.3. The number of amides is 2. The van der Waals surface area contributed by atoms with Crippen LogP contribution in [0.2, 0.25) is 0 Å². The highest BCUT2D eigenvalue weighted by Gasteiger charge is 2.65. The molecule has 2 amide bonds. The van der Waals surface area contributed by atoms with E-state index >= 15 is 0 Å². The van der Waals surface area contributed by atoms with Gasteiger partial charge in [0, 0.05) is 34.5 Å². The number of rotatable bonds is 7. The quantitative estimate of drug-likeness (QED) is 0.231. The Hall–Kier alpha value is -4.05. The topological polar surface area (TPSA) is 130 Å². The largest absolute Gasteiger partial charge is 0.479 e. The van der Waals surface area contributed by atoms with Gasteiger partial charge in [-0.25, -0.2) is 9.59 Å². The molecule has 0 spiro atoms. The van der Waals surface area contributed by atoms with Crippen LogP contribution in [0, 0.1) is 23.0 Å². The molecule has 4 atom stereocenters. The second-order valence-corrected chi connectivity index (χ2v) is 10.9. The Morgan fingerprint density at radius 2 is 1.71 bits per heavy atom. The van der Waals surface area contributed by atoms with Gasteiger partial charge in [-0.1, -0.05) is 35.9 Å². The first-order valence-electron chi connectivity index (χ1n) is 12.2. The van der Waals surface area contributed by atoms with Crippen LogP contribution in [0.25, 0.3) is 0 Å². The summed E-state index contributed by atoms with van der Waals surface area (Å²) in [4.78, 5) is 53.7. The van der Waals surface area contributed by atoms with E-state index in [1.54, 1.807) is 26.0 Å². The maximum absolute atomic E-state index is 14.3. The summed E-state index contributed by atoms with van der Waals surface area (Å²) in [6.45, 7) is 6.97. The molecule has 10 heteroatoms. The number of carbonyl (C=O) groups is 3. The Morgan fingerprint density at radius 3 is 2.21 bits per heavy atom. The number of carboxylic acid groups (broad SMARTS) is 1. The summed E-state index contributed by atoms with van der Waals surface area (Å²) in [5.41, 5.74) is -0.134. The fourth-order valence-electron chi connectivity index (χ4n) is 5.30. The number of nitrogens with zero attached hydrogens (tertiary/aromatic N) is 2. The zero-order valence-electron chi connectivity index (χ0n) is 21.5. The lowest BCUT2D eigenvalue weighted by atomic mass is 9.74. The number of hydrogen-bond donors (Lipinski definition) is 2. The lowest BCUT2D eigenvalue weighted by Crippen LogP contribution is -2.57. The molecule has 2 heterocycles. The van der Waals surface area contributed by atoms with Crippen LogP contribution in [-0.4, -0.2) is 44.3 Å². The Labute approximate surface area is 224 Å². The number of carboxylic acids is 1. The first-order chi connectivity index (χ1) is 18.0. The third kappa shape index (κ3) is 4.67. The fraction of sp³-hybridized carbons (Fsp3) is 0.321. The highest BCUT2D eigenvalue weighted by Crippen LogP contribution is 2.57. The van der Waals surface area contributed by atoms with Crippen LogP contribution < -0.4 is 5.32 Å². The van der Waals surface area contributed by atoms with Gasteiger partial charge >= 0.3 is 12.0 Å². The number of carbonyl (C=O) groups excluding carboxylic acids is 2. The molecule has 2 N–H and O–H groups in total. The summed E-state index contributed by atoms with van der Waals surface area (Å²) >= 11 is 1.33. The van der Waals surface area contributed by atoms with Crippen LogP contribution in [0.5, 0.6) is 0 Å². The van der Waals surface area contributed by atoms with Gasteiger partial charge in [0.2, 0.25) is 0 Å². The van der Waals surface area contributed by atoms with Gasteiger partial charge in [0.1, 0.15) is 5.54 Å². The molecular formula is C28H29N3O6S. The number of nitrogens with one attached hydrogen (secondary N) is 1. The predicted molar refractivity (Wildman–Crippen MR) is 143 cm³/mol. The Kier molecular flexibility index (Phi) is 7.37. The lowest BCUT2D eigenvalue weighted by Gasteiger charge is -2.38. The van der Waals surface area contributed by atoms with Crippen molar-refractivity contribution in [3.63, 3.8) is 0 Å². The number of benzene rings is 2. The smallest absolute Gasteiger partial charge is 0.330 e. The third-order valence-corrected chi connectivity index (χ3v) is 8.04. The van der Waals surface area contributed by atoms with Crippen molar-refractivity contribution < 1.29 is 24.4 Å². The number of non-ortho nitro benzene ring substituents is 1. The minimum atomic E-state index is -1.78. The standard InChI is InChI=1S/C28H29N3O6S/c1-16(2)29-27(35)30-24(18-9-7-17(3)8-10-18)22(25(32)19-11-13-20(14-12-19)31(36)37)23(21-6-5-15-38-21)28(30,4)26(33)34/h5-16,22-24H,1-4H3,(H,29,35)(H,33,34). The van der Waals surface area contributed by atoms with Crippen molar-refractivity contribution in [1.82, 2.24) is 10.2 Å². The molecule has 9 nitrogen and oxygen atoms in total. The number of likely N-dealkylation sites (tertiary alicyclic amines) is 1. The molecule has 1 aliphatic rings. The van der Waals surface area contributed by atoms with Crippen molar-refractivity contribution in [2.24, 2.45) is 5.92 Å². The van der Waals surface area contributed by atoms with Gasteiger partial charge < -0.3 is 15.3 Å². The maximum atomic E-state index is 14.3. The van der Waals surface area contributed by atoms with Crippen molar-refractivity contribution in [2.75, 3.05) is 0 Å². The van der Waals surface area contributed by atoms with Crippen LogP contribution in [0.3, 0.4) is 0 Å². The number of aryl methyl sites for hydroxylation is 1. The van der Waals surface area contributed by atoms with E-state index in [1.807, 2.05) is 36.6 Å². The molecular weight excluding hydrogens is 506 g/mol. The van der Waals surface area contributed by atoms with Gasteiger partial charge in [-0.05, 0) is 56.8 Å². The summed E-state index contributed by atoms with van der Waals surface area (Å²) in [6.07, 6.45) is 0. The average Bonchev–Trinajstić information content (AvgIpc) is 3.48. The molecule has 1 aliphatic heterocycles. The molecule has 38 heavy (non-hydrogen) atoms. The Morgan fingerprint density at radius 1 is 1.08 bits per heavy atom. The van der Waals surface area contributed by atoms with E-state index in [2.05, 4.69) is 5.32 Å². The minimum absolute atomic E-state index is 0.161. The van der Waals surface area contributed by atoms with Crippen molar-refractivity contribution in [3.8, 4) is 0 Å². The number of Topliss-reactive ketones (excluding diaryl/α,β-unsaturated/α-hetero) is 1. The van der Waals surface area contributed by atoms with E-state index < -0.39 is 46.1 Å². The average molecular weight is 536 g/mol. The first-order valence-corrected chi connectivity index (χ1v) is 13.1. The maximum Gasteiger partial charge on any atom is 0.330 e. The highest BCUT2D eigenvalue weighted by atomic mass is 32.1. The van der Waals surface area contributed by atoms with E-state index in [0.29, 0.717) is 10.4 Å². The third-order valence-electron chi connectivity index (χ3n) is 7.08. The highest BCUT2D eigenvalue weighted by molar-refractivity contribution is 7.10. The normalized spacial score (nSPS) is 22.9. The van der Waals surface area contributed by atoms with Crippen molar-refractivity contribution in [2.45, 2.75) is 51.2 Å². The number of nitro groups is 1. The lowest BCUT2D eigenvalue weighted by molar-refractivity contribution is -0.384. The molecule has 3 aromatic rings. The molecule has 4 unspecified atom stereocenters. The minimum Gasteiger partial charge on any atom is -0.479 e. The van der Waals surface area contributed by atoms with Crippen LogP contribution in [0.1, 0.15) is 59.1 Å². The zero-order chi connectivity index (χ0) is 27.8. The number of thiophene rings is 1.